The van der Waals surface area contributed by atoms with Crippen LogP contribution in [0.4, 0.5) is 5.69 Å². The Kier molecular flexibility index (Phi) is 3.59. The van der Waals surface area contributed by atoms with E-state index in [1.165, 1.54) is 0 Å². The van der Waals surface area contributed by atoms with Crippen LogP contribution in [-0.2, 0) is 4.74 Å². The number of hydrogen-bond donors (Lipinski definition) is 0. The number of benzene rings is 1. The van der Waals surface area contributed by atoms with Crippen molar-refractivity contribution in [3.05, 3.63) is 40.3 Å². The van der Waals surface area contributed by atoms with Gasteiger partial charge in [-0.15, -0.1) is 0 Å². The van der Waals surface area contributed by atoms with Crippen molar-refractivity contribution < 1.29 is 9.53 Å². The van der Waals surface area contributed by atoms with E-state index < -0.39 is 0 Å². The first-order chi connectivity index (χ1) is 8.33. The molecule has 0 spiro atoms. The van der Waals surface area contributed by atoms with E-state index in [9.17, 15) is 4.79 Å². The van der Waals surface area contributed by atoms with Gasteiger partial charge in [-0.25, -0.2) is 0 Å². The zero-order valence-electron chi connectivity index (χ0n) is 9.24. The van der Waals surface area contributed by atoms with Gasteiger partial charge in [-0.3, -0.25) is 4.79 Å². The van der Waals surface area contributed by atoms with Crippen LogP contribution in [0.2, 0.25) is 0 Å². The van der Waals surface area contributed by atoms with E-state index in [-0.39, 0.29) is 5.91 Å². The van der Waals surface area contributed by atoms with Gasteiger partial charge in [0.05, 0.1) is 18.9 Å². The number of amides is 1. The van der Waals surface area contributed by atoms with Crippen LogP contribution >= 0.6 is 0 Å². The molecule has 1 aromatic rings. The van der Waals surface area contributed by atoms with Crippen molar-refractivity contribution in [2.75, 3.05) is 26.3 Å². The van der Waals surface area contributed by atoms with E-state index >= 15 is 0 Å². The molecule has 0 N–H and O–H groups in total. The summed E-state index contributed by atoms with van der Waals surface area (Å²) in [6, 6.07) is 6.79. The van der Waals surface area contributed by atoms with Crippen molar-refractivity contribution >= 4 is 11.6 Å². The summed E-state index contributed by atoms with van der Waals surface area (Å²) >= 11 is 0. The van der Waals surface area contributed by atoms with Gasteiger partial charge in [0.25, 0.3) is 5.91 Å². The average Bonchev–Trinajstić information content (AvgIpc) is 2.40. The molecule has 1 heterocycles. The van der Waals surface area contributed by atoms with Crippen molar-refractivity contribution in [3.63, 3.8) is 0 Å². The number of morpholine rings is 1. The molecule has 6 heteroatoms. The Morgan fingerprint density at radius 2 is 2.06 bits per heavy atom. The largest absolute Gasteiger partial charge is 0.378 e. The summed E-state index contributed by atoms with van der Waals surface area (Å²) in [6.07, 6.45) is 0. The number of ether oxygens (including phenoxy) is 1. The molecular weight excluding hydrogens is 220 g/mol. The molecule has 0 aliphatic carbocycles. The molecule has 1 saturated heterocycles. The molecule has 1 aromatic carbocycles. The molecule has 0 radical (unpaired) electrons. The molecule has 1 aliphatic rings. The van der Waals surface area contributed by atoms with E-state index in [4.69, 9.17) is 10.3 Å². The normalized spacial score (nSPS) is 15.2. The molecule has 0 unspecified atom stereocenters. The van der Waals surface area contributed by atoms with E-state index in [0.29, 0.717) is 37.6 Å². The van der Waals surface area contributed by atoms with Gasteiger partial charge in [-0.2, -0.15) is 0 Å². The van der Waals surface area contributed by atoms with Gasteiger partial charge in [-0.05, 0) is 11.6 Å². The minimum Gasteiger partial charge on any atom is -0.378 e. The van der Waals surface area contributed by atoms with Crippen molar-refractivity contribution in [3.8, 4) is 0 Å². The molecule has 6 nitrogen and oxygen atoms in total. The summed E-state index contributed by atoms with van der Waals surface area (Å²) in [4.78, 5) is 16.6. The summed E-state index contributed by atoms with van der Waals surface area (Å²) in [5, 5.41) is 3.52. The van der Waals surface area contributed by atoms with Gasteiger partial charge in [0.15, 0.2) is 0 Å². The molecule has 1 fully saturated rings. The van der Waals surface area contributed by atoms with Crippen LogP contribution in [0.5, 0.6) is 0 Å². The number of carbonyl (C=O) groups is 1. The van der Waals surface area contributed by atoms with Gasteiger partial charge in [0, 0.05) is 23.6 Å². The van der Waals surface area contributed by atoms with Crippen molar-refractivity contribution in [2.45, 2.75) is 0 Å². The molecule has 2 rings (SSSR count). The zero-order chi connectivity index (χ0) is 12.1. The van der Waals surface area contributed by atoms with E-state index in [0.717, 1.165) is 0 Å². The summed E-state index contributed by atoms with van der Waals surface area (Å²) in [6.45, 7) is 2.25. The Morgan fingerprint density at radius 1 is 1.35 bits per heavy atom. The van der Waals surface area contributed by atoms with E-state index in [1.54, 1.807) is 29.2 Å². The van der Waals surface area contributed by atoms with Gasteiger partial charge in [0.1, 0.15) is 0 Å². The first kappa shape index (κ1) is 11.4. The summed E-state index contributed by atoms with van der Waals surface area (Å²) < 4.78 is 5.19. The van der Waals surface area contributed by atoms with Crippen LogP contribution in [0, 0.1) is 0 Å². The fourth-order valence-electron chi connectivity index (χ4n) is 1.73. The molecule has 88 valence electrons. The quantitative estimate of drug-likeness (QED) is 0.444. The van der Waals surface area contributed by atoms with E-state index in [2.05, 4.69) is 10.0 Å². The van der Waals surface area contributed by atoms with Crippen molar-refractivity contribution in [1.82, 2.24) is 4.90 Å². The maximum Gasteiger partial charge on any atom is 0.254 e. The van der Waals surface area contributed by atoms with Crippen LogP contribution in [0.25, 0.3) is 10.4 Å². The molecule has 0 aromatic heterocycles. The lowest BCUT2D eigenvalue weighted by atomic mass is 10.1. The lowest BCUT2D eigenvalue weighted by molar-refractivity contribution is 0.0303. The highest BCUT2D eigenvalue weighted by molar-refractivity contribution is 5.98. The molecule has 17 heavy (non-hydrogen) atoms. The minimum atomic E-state index is -0.115. The lowest BCUT2D eigenvalue weighted by Crippen LogP contribution is -2.40. The minimum absolute atomic E-state index is 0.115. The standard InChI is InChI=1S/C11H12N4O2/c12-14-13-10-4-2-1-3-9(10)11(16)15-5-7-17-8-6-15/h1-4H,5-8H2. The van der Waals surface area contributed by atoms with Gasteiger partial charge < -0.3 is 9.64 Å². The van der Waals surface area contributed by atoms with Gasteiger partial charge in [-0.1, -0.05) is 23.3 Å². The second kappa shape index (κ2) is 5.34. The van der Waals surface area contributed by atoms with Crippen LogP contribution < -0.4 is 0 Å². The number of carbonyl (C=O) groups excluding carboxylic acids is 1. The van der Waals surface area contributed by atoms with Crippen molar-refractivity contribution in [1.29, 1.82) is 0 Å². The van der Waals surface area contributed by atoms with Gasteiger partial charge >= 0.3 is 0 Å². The molecule has 0 saturated carbocycles. The Hall–Kier alpha value is -2.04. The fraction of sp³-hybridized carbons (Fsp3) is 0.364. The van der Waals surface area contributed by atoms with E-state index in [1.807, 2.05) is 0 Å². The summed E-state index contributed by atoms with van der Waals surface area (Å²) in [5.41, 5.74) is 9.25. The third-order valence-electron chi connectivity index (χ3n) is 2.59. The topological polar surface area (TPSA) is 78.3 Å². The summed E-state index contributed by atoms with van der Waals surface area (Å²) in [5.74, 6) is -0.115. The van der Waals surface area contributed by atoms with Crippen LogP contribution in [0.1, 0.15) is 10.4 Å². The lowest BCUT2D eigenvalue weighted by Gasteiger charge is -2.27. The Morgan fingerprint density at radius 3 is 2.76 bits per heavy atom. The number of rotatable bonds is 2. The fourth-order valence-corrected chi connectivity index (χ4v) is 1.73. The van der Waals surface area contributed by atoms with Crippen LogP contribution in [0.3, 0.4) is 0 Å². The predicted octanol–water partition coefficient (Wildman–Crippen LogP) is 2.10. The molecule has 0 bridgehead atoms. The highest BCUT2D eigenvalue weighted by atomic mass is 16.5. The average molecular weight is 232 g/mol. The number of azide groups is 1. The molecular formula is C11H12N4O2. The second-order valence-corrected chi connectivity index (χ2v) is 3.61. The summed E-state index contributed by atoms with van der Waals surface area (Å²) in [7, 11) is 0. The zero-order valence-corrected chi connectivity index (χ0v) is 9.24. The Bertz CT molecular complexity index is 462. The third kappa shape index (κ3) is 2.55. The van der Waals surface area contributed by atoms with Crippen LogP contribution in [-0.4, -0.2) is 37.1 Å². The SMILES string of the molecule is [N-]=[N+]=Nc1ccccc1C(=O)N1CCOCC1. The number of nitrogens with zero attached hydrogens (tertiary/aromatic N) is 4. The smallest absolute Gasteiger partial charge is 0.254 e. The molecule has 1 aliphatic heterocycles. The van der Waals surface area contributed by atoms with Crippen molar-refractivity contribution in [2.24, 2.45) is 5.11 Å². The molecule has 1 amide bonds. The predicted molar refractivity (Wildman–Crippen MR) is 62.0 cm³/mol. The third-order valence-corrected chi connectivity index (χ3v) is 2.59. The van der Waals surface area contributed by atoms with Crippen LogP contribution in [0.15, 0.2) is 29.4 Å². The maximum absolute atomic E-state index is 12.2. The second-order valence-electron chi connectivity index (χ2n) is 3.61. The first-order valence-electron chi connectivity index (χ1n) is 5.34. The maximum atomic E-state index is 12.2. The highest BCUT2D eigenvalue weighted by Gasteiger charge is 2.20. The monoisotopic (exact) mass is 232 g/mol. The Labute approximate surface area is 98.4 Å². The molecule has 0 atom stereocenters. The highest BCUT2D eigenvalue weighted by Crippen LogP contribution is 2.21. The number of hydrogen-bond acceptors (Lipinski definition) is 3. The Balaban J connectivity index is 2.26. The van der Waals surface area contributed by atoms with Gasteiger partial charge in [0.2, 0.25) is 0 Å². The first-order valence-corrected chi connectivity index (χ1v) is 5.34.